The molecule has 0 saturated heterocycles. The first-order chi connectivity index (χ1) is 20.1. The van der Waals surface area contributed by atoms with Crippen LogP contribution in [0.25, 0.3) is 27.9 Å². The summed E-state index contributed by atoms with van der Waals surface area (Å²) in [6.07, 6.45) is -2.79. The van der Waals surface area contributed by atoms with Crippen molar-refractivity contribution in [3.8, 4) is 22.8 Å². The zero-order valence-corrected chi connectivity index (χ0v) is 21.8. The number of aromatic nitrogens is 4. The highest BCUT2D eigenvalue weighted by atomic mass is 19.4. The number of fused-ring (bicyclic) bond motifs is 2. The highest BCUT2D eigenvalue weighted by molar-refractivity contribution is 5.98. The van der Waals surface area contributed by atoms with Gasteiger partial charge in [-0.25, -0.2) is 19.0 Å². The number of hydrogen-bond acceptors (Lipinski definition) is 7. The Bertz CT molecular complexity index is 1850. The lowest BCUT2D eigenvalue weighted by molar-refractivity contribution is -0.274. The van der Waals surface area contributed by atoms with Gasteiger partial charge in [-0.15, -0.1) is 13.2 Å². The Kier molecular flexibility index (Phi) is 6.60. The Labute approximate surface area is 236 Å². The number of carbonyl (C=O) groups excluding carboxylic acids is 1. The van der Waals surface area contributed by atoms with Crippen LogP contribution in [-0.2, 0) is 4.79 Å². The van der Waals surface area contributed by atoms with Crippen molar-refractivity contribution >= 4 is 28.7 Å². The number of nitrogens with zero attached hydrogens (tertiary/aromatic N) is 4. The van der Waals surface area contributed by atoms with Crippen molar-refractivity contribution in [1.82, 2.24) is 19.7 Å². The molecule has 6 rings (SSSR count). The van der Waals surface area contributed by atoms with Crippen LogP contribution < -0.4 is 15.2 Å². The van der Waals surface area contributed by atoms with E-state index in [0.29, 0.717) is 50.5 Å². The maximum Gasteiger partial charge on any atom is 0.573 e. The summed E-state index contributed by atoms with van der Waals surface area (Å²) in [5, 5.41) is 5.11. The standard InChI is InChI=1S/C30H21F4N5O3/c1-16(27-24(18-5-4-6-19(31)13-18)22(14-40)21-7-2-3-8-23(21)41-27)39-29-25(28(35)36-15-37-29)26(38-39)17-9-11-20(12-10-17)42-30(32,33)34/h2-16,22H,1H3,(H2,35,36,37). The molecule has 3 heterocycles. The second-order valence-electron chi connectivity index (χ2n) is 9.54. The Morgan fingerprint density at radius 2 is 1.79 bits per heavy atom. The molecule has 2 N–H and O–H groups in total. The number of rotatable bonds is 6. The van der Waals surface area contributed by atoms with E-state index in [2.05, 4.69) is 14.7 Å². The van der Waals surface area contributed by atoms with Gasteiger partial charge in [-0.05, 0) is 55.0 Å². The number of alkyl halides is 3. The van der Waals surface area contributed by atoms with Crippen molar-refractivity contribution in [1.29, 1.82) is 0 Å². The van der Waals surface area contributed by atoms with Crippen molar-refractivity contribution in [3.05, 3.63) is 102 Å². The summed E-state index contributed by atoms with van der Waals surface area (Å²) >= 11 is 0. The van der Waals surface area contributed by atoms with Crippen LogP contribution in [-0.4, -0.2) is 32.4 Å². The molecule has 0 bridgehead atoms. The van der Waals surface area contributed by atoms with Crippen molar-refractivity contribution in [3.63, 3.8) is 0 Å². The zero-order chi connectivity index (χ0) is 29.6. The number of nitrogen functional groups attached to an aromatic ring is 1. The number of halogens is 4. The van der Waals surface area contributed by atoms with Gasteiger partial charge in [0, 0.05) is 16.7 Å². The average Bonchev–Trinajstić information content (AvgIpc) is 3.36. The predicted octanol–water partition coefficient (Wildman–Crippen LogP) is 6.46. The van der Waals surface area contributed by atoms with Crippen LogP contribution in [0, 0.1) is 5.82 Å². The zero-order valence-electron chi connectivity index (χ0n) is 21.8. The minimum Gasteiger partial charge on any atom is -0.459 e. The van der Waals surface area contributed by atoms with E-state index in [0.717, 1.165) is 18.4 Å². The molecule has 0 saturated carbocycles. The van der Waals surface area contributed by atoms with E-state index in [1.54, 1.807) is 43.3 Å². The van der Waals surface area contributed by atoms with E-state index >= 15 is 0 Å². The van der Waals surface area contributed by atoms with E-state index in [-0.39, 0.29) is 5.82 Å². The minimum absolute atomic E-state index is 0.101. The number of hydrogen-bond donors (Lipinski definition) is 1. The molecule has 0 fully saturated rings. The summed E-state index contributed by atoms with van der Waals surface area (Å²) in [5.74, 6) is -0.756. The van der Waals surface area contributed by atoms with E-state index < -0.39 is 29.9 Å². The normalized spacial score (nSPS) is 15.7. The molecule has 212 valence electrons. The largest absolute Gasteiger partial charge is 0.573 e. The number of benzene rings is 3. The number of carbonyl (C=O) groups is 1. The third kappa shape index (κ3) is 4.80. The number of nitrogens with two attached hydrogens (primary N) is 1. The van der Waals surface area contributed by atoms with Gasteiger partial charge in [0.1, 0.15) is 53.2 Å². The lowest BCUT2D eigenvalue weighted by Crippen LogP contribution is -2.23. The van der Waals surface area contributed by atoms with Crippen LogP contribution in [0.5, 0.6) is 11.5 Å². The molecule has 0 spiro atoms. The van der Waals surface area contributed by atoms with Gasteiger partial charge in [0.05, 0.1) is 11.3 Å². The summed E-state index contributed by atoms with van der Waals surface area (Å²) in [6.45, 7) is 1.78. The predicted molar refractivity (Wildman–Crippen MR) is 146 cm³/mol. The number of aldehydes is 1. The summed E-state index contributed by atoms with van der Waals surface area (Å²) in [5.41, 5.74) is 8.83. The first kappa shape index (κ1) is 26.9. The number of allylic oxidation sites excluding steroid dienone is 2. The lowest BCUT2D eigenvalue weighted by Gasteiger charge is -2.31. The molecule has 2 aromatic heterocycles. The Morgan fingerprint density at radius 1 is 1.02 bits per heavy atom. The van der Waals surface area contributed by atoms with Gasteiger partial charge in [-0.2, -0.15) is 5.10 Å². The molecule has 8 nitrogen and oxygen atoms in total. The molecule has 3 aromatic carbocycles. The monoisotopic (exact) mass is 575 g/mol. The average molecular weight is 576 g/mol. The van der Waals surface area contributed by atoms with Gasteiger partial charge in [-0.3, -0.25) is 0 Å². The quantitative estimate of drug-likeness (QED) is 0.183. The molecule has 1 aliphatic heterocycles. The number of ether oxygens (including phenoxy) is 2. The van der Waals surface area contributed by atoms with E-state index in [1.165, 1.54) is 35.3 Å². The molecule has 5 aromatic rings. The van der Waals surface area contributed by atoms with Crippen LogP contribution in [0.1, 0.15) is 30.0 Å². The maximum atomic E-state index is 14.4. The fourth-order valence-electron chi connectivity index (χ4n) is 5.14. The van der Waals surface area contributed by atoms with E-state index in [4.69, 9.17) is 15.6 Å². The summed E-state index contributed by atoms with van der Waals surface area (Å²) < 4.78 is 64.4. The van der Waals surface area contributed by atoms with Crippen LogP contribution in [0.4, 0.5) is 23.4 Å². The first-order valence-electron chi connectivity index (χ1n) is 12.7. The number of para-hydroxylation sites is 1. The van der Waals surface area contributed by atoms with E-state index in [1.807, 2.05) is 0 Å². The molecule has 42 heavy (non-hydrogen) atoms. The summed E-state index contributed by atoms with van der Waals surface area (Å²) in [4.78, 5) is 21.0. The van der Waals surface area contributed by atoms with Gasteiger partial charge < -0.3 is 20.0 Å². The molecular formula is C30H21F4N5O3. The van der Waals surface area contributed by atoms with Crippen molar-refractivity contribution in [2.45, 2.75) is 25.2 Å². The molecule has 0 aliphatic carbocycles. The van der Waals surface area contributed by atoms with Gasteiger partial charge >= 0.3 is 6.36 Å². The topological polar surface area (TPSA) is 105 Å². The van der Waals surface area contributed by atoms with Crippen molar-refractivity contribution in [2.24, 2.45) is 0 Å². The van der Waals surface area contributed by atoms with Crippen LogP contribution in [0.15, 0.2) is 84.9 Å². The third-order valence-corrected chi connectivity index (χ3v) is 6.95. The lowest BCUT2D eigenvalue weighted by atomic mass is 9.83. The molecule has 0 amide bonds. The maximum absolute atomic E-state index is 14.4. The molecule has 2 atom stereocenters. The molecule has 2 unspecified atom stereocenters. The Balaban J connectivity index is 1.53. The van der Waals surface area contributed by atoms with Gasteiger partial charge in [0.2, 0.25) is 0 Å². The molecule has 1 aliphatic rings. The van der Waals surface area contributed by atoms with Gasteiger partial charge in [0.25, 0.3) is 0 Å². The first-order valence-corrected chi connectivity index (χ1v) is 12.7. The Hall–Kier alpha value is -5.26. The van der Waals surface area contributed by atoms with Crippen LogP contribution >= 0.6 is 0 Å². The van der Waals surface area contributed by atoms with E-state index in [9.17, 15) is 22.4 Å². The summed E-state index contributed by atoms with van der Waals surface area (Å²) in [6, 6.07) is 17.4. The fraction of sp³-hybridized carbons (Fsp3) is 0.133. The highest BCUT2D eigenvalue weighted by Crippen LogP contribution is 2.46. The minimum atomic E-state index is -4.84. The molecular weight excluding hydrogens is 554 g/mol. The second-order valence-corrected chi connectivity index (χ2v) is 9.54. The summed E-state index contributed by atoms with van der Waals surface area (Å²) in [7, 11) is 0. The fourth-order valence-corrected chi connectivity index (χ4v) is 5.14. The molecule has 0 radical (unpaired) electrons. The van der Waals surface area contributed by atoms with Crippen molar-refractivity contribution in [2.75, 3.05) is 5.73 Å². The van der Waals surface area contributed by atoms with Crippen molar-refractivity contribution < 1.29 is 31.8 Å². The Morgan fingerprint density at radius 3 is 2.50 bits per heavy atom. The highest BCUT2D eigenvalue weighted by Gasteiger charge is 2.35. The smallest absolute Gasteiger partial charge is 0.459 e. The third-order valence-electron chi connectivity index (χ3n) is 6.95. The van der Waals surface area contributed by atoms with Gasteiger partial charge in [-0.1, -0.05) is 30.3 Å². The number of anilines is 1. The molecule has 12 heteroatoms. The SMILES string of the molecule is CC(C1=C(c2cccc(F)c2)C(C=O)c2ccccc2O1)n1nc(-c2ccc(OC(F)(F)F)cc2)c2c(N)ncnc21. The van der Waals surface area contributed by atoms with Crippen LogP contribution in [0.3, 0.4) is 0 Å². The second kappa shape index (κ2) is 10.3. The van der Waals surface area contributed by atoms with Crippen LogP contribution in [0.2, 0.25) is 0 Å². The van der Waals surface area contributed by atoms with Gasteiger partial charge in [0.15, 0.2) is 5.65 Å².